The second kappa shape index (κ2) is 6.20. The summed E-state index contributed by atoms with van der Waals surface area (Å²) < 4.78 is 0. The molecule has 0 aliphatic carbocycles. The molecule has 0 spiro atoms. The van der Waals surface area contributed by atoms with Crippen molar-refractivity contribution in [3.63, 3.8) is 0 Å². The summed E-state index contributed by atoms with van der Waals surface area (Å²) in [5.74, 6) is -0.282. The number of benzene rings is 1. The predicted molar refractivity (Wildman–Crippen MR) is 77.2 cm³/mol. The molecule has 2 atom stereocenters. The Labute approximate surface area is 119 Å². The SMILES string of the molecule is C=CCC(C(=O)N1CCC(O)(CO)C1)c1ccccc1. The van der Waals surface area contributed by atoms with E-state index >= 15 is 0 Å². The topological polar surface area (TPSA) is 60.8 Å². The van der Waals surface area contributed by atoms with E-state index < -0.39 is 5.60 Å². The summed E-state index contributed by atoms with van der Waals surface area (Å²) in [6, 6.07) is 9.60. The Morgan fingerprint density at radius 3 is 2.70 bits per heavy atom. The van der Waals surface area contributed by atoms with Crippen LogP contribution in [0, 0.1) is 0 Å². The monoisotopic (exact) mass is 275 g/mol. The standard InChI is InChI=1S/C16H21NO3/c1-2-6-14(13-7-4-3-5-8-13)15(19)17-10-9-16(20,11-17)12-18/h2-5,7-8,14,18,20H,1,6,9-12H2. The minimum absolute atomic E-state index is 0.0134. The third-order valence-electron chi connectivity index (χ3n) is 3.84. The first-order valence-electron chi connectivity index (χ1n) is 6.87. The first kappa shape index (κ1) is 14.8. The minimum atomic E-state index is -1.15. The average molecular weight is 275 g/mol. The molecule has 1 aliphatic rings. The third kappa shape index (κ3) is 3.08. The van der Waals surface area contributed by atoms with Gasteiger partial charge in [0.2, 0.25) is 5.91 Å². The lowest BCUT2D eigenvalue weighted by Gasteiger charge is -2.25. The number of nitrogens with zero attached hydrogens (tertiary/aromatic N) is 1. The number of hydrogen-bond acceptors (Lipinski definition) is 3. The van der Waals surface area contributed by atoms with E-state index in [2.05, 4.69) is 6.58 Å². The fourth-order valence-electron chi connectivity index (χ4n) is 2.63. The number of β-amino-alcohol motifs (C(OH)–C–C–N with tert-alkyl or cyclic N) is 1. The first-order valence-corrected chi connectivity index (χ1v) is 6.87. The van der Waals surface area contributed by atoms with E-state index in [0.717, 1.165) is 5.56 Å². The maximum Gasteiger partial charge on any atom is 0.230 e. The molecule has 4 nitrogen and oxygen atoms in total. The number of amides is 1. The fourth-order valence-corrected chi connectivity index (χ4v) is 2.63. The van der Waals surface area contributed by atoms with Gasteiger partial charge in [0.15, 0.2) is 0 Å². The number of carbonyl (C=O) groups is 1. The molecule has 108 valence electrons. The Morgan fingerprint density at radius 2 is 2.15 bits per heavy atom. The molecule has 0 bridgehead atoms. The predicted octanol–water partition coefficient (Wildman–Crippen LogP) is 1.30. The lowest BCUT2D eigenvalue weighted by Crippen LogP contribution is -2.40. The van der Waals surface area contributed by atoms with Crippen molar-refractivity contribution in [2.24, 2.45) is 0 Å². The molecule has 0 aromatic heterocycles. The molecule has 4 heteroatoms. The first-order chi connectivity index (χ1) is 9.59. The normalized spacial score (nSPS) is 23.6. The van der Waals surface area contributed by atoms with Crippen LogP contribution in [-0.4, -0.2) is 46.3 Å². The number of rotatable bonds is 5. The van der Waals surface area contributed by atoms with Crippen molar-refractivity contribution in [3.8, 4) is 0 Å². The maximum atomic E-state index is 12.6. The summed E-state index contributed by atoms with van der Waals surface area (Å²) in [6.45, 7) is 4.09. The van der Waals surface area contributed by atoms with Crippen molar-refractivity contribution in [2.45, 2.75) is 24.4 Å². The van der Waals surface area contributed by atoms with E-state index in [1.54, 1.807) is 11.0 Å². The molecule has 2 unspecified atom stereocenters. The van der Waals surface area contributed by atoms with E-state index in [9.17, 15) is 15.0 Å². The molecule has 1 aromatic carbocycles. The van der Waals surface area contributed by atoms with Crippen molar-refractivity contribution >= 4 is 5.91 Å². The summed E-state index contributed by atoms with van der Waals surface area (Å²) >= 11 is 0. The van der Waals surface area contributed by atoms with E-state index in [-0.39, 0.29) is 25.0 Å². The molecule has 1 amide bonds. The Bertz CT molecular complexity index is 474. The average Bonchev–Trinajstić information content (AvgIpc) is 2.88. The van der Waals surface area contributed by atoms with Gasteiger partial charge in [0.05, 0.1) is 19.1 Å². The molecule has 2 N–H and O–H groups in total. The minimum Gasteiger partial charge on any atom is -0.393 e. The van der Waals surface area contributed by atoms with Crippen LogP contribution in [0.3, 0.4) is 0 Å². The quantitative estimate of drug-likeness (QED) is 0.796. The molecule has 1 aliphatic heterocycles. The maximum absolute atomic E-state index is 12.6. The lowest BCUT2D eigenvalue weighted by atomic mass is 9.94. The van der Waals surface area contributed by atoms with Crippen molar-refractivity contribution in [2.75, 3.05) is 19.7 Å². The number of likely N-dealkylation sites (tertiary alicyclic amines) is 1. The second-order valence-electron chi connectivity index (χ2n) is 5.38. The highest BCUT2D eigenvalue weighted by Crippen LogP contribution is 2.27. The van der Waals surface area contributed by atoms with E-state index in [0.29, 0.717) is 19.4 Å². The van der Waals surface area contributed by atoms with Crippen LogP contribution < -0.4 is 0 Å². The van der Waals surface area contributed by atoms with Crippen LogP contribution in [0.15, 0.2) is 43.0 Å². The van der Waals surface area contributed by atoms with Crippen LogP contribution in [-0.2, 0) is 4.79 Å². The zero-order chi connectivity index (χ0) is 14.6. The highest BCUT2D eigenvalue weighted by atomic mass is 16.3. The molecular formula is C16H21NO3. The van der Waals surface area contributed by atoms with Gasteiger partial charge in [0.1, 0.15) is 5.60 Å². The zero-order valence-electron chi connectivity index (χ0n) is 11.5. The highest BCUT2D eigenvalue weighted by molar-refractivity contribution is 5.84. The van der Waals surface area contributed by atoms with Gasteiger partial charge in [-0.15, -0.1) is 6.58 Å². The Balaban J connectivity index is 2.15. The molecule has 2 rings (SSSR count). The zero-order valence-corrected chi connectivity index (χ0v) is 11.5. The van der Waals surface area contributed by atoms with Crippen LogP contribution >= 0.6 is 0 Å². The van der Waals surface area contributed by atoms with Gasteiger partial charge in [-0.1, -0.05) is 36.4 Å². The summed E-state index contributed by atoms with van der Waals surface area (Å²) in [5.41, 5.74) is -0.192. The molecule has 1 saturated heterocycles. The molecule has 0 radical (unpaired) electrons. The highest BCUT2D eigenvalue weighted by Gasteiger charge is 2.39. The van der Waals surface area contributed by atoms with Gasteiger partial charge in [-0.2, -0.15) is 0 Å². The summed E-state index contributed by atoms with van der Waals surface area (Å²) in [6.07, 6.45) is 2.73. The van der Waals surface area contributed by atoms with E-state index in [1.807, 2.05) is 30.3 Å². The van der Waals surface area contributed by atoms with Gasteiger partial charge in [-0.25, -0.2) is 0 Å². The number of hydrogen-bond donors (Lipinski definition) is 2. The van der Waals surface area contributed by atoms with Crippen LogP contribution in [0.4, 0.5) is 0 Å². The van der Waals surface area contributed by atoms with Crippen molar-refractivity contribution in [1.82, 2.24) is 4.90 Å². The molecular weight excluding hydrogens is 254 g/mol. The van der Waals surface area contributed by atoms with Crippen molar-refractivity contribution in [3.05, 3.63) is 48.6 Å². The second-order valence-corrected chi connectivity index (χ2v) is 5.38. The van der Waals surface area contributed by atoms with E-state index in [1.165, 1.54) is 0 Å². The van der Waals surface area contributed by atoms with Crippen LogP contribution in [0.2, 0.25) is 0 Å². The number of carbonyl (C=O) groups excluding carboxylic acids is 1. The largest absolute Gasteiger partial charge is 0.393 e. The smallest absolute Gasteiger partial charge is 0.230 e. The molecule has 1 fully saturated rings. The van der Waals surface area contributed by atoms with Crippen LogP contribution in [0.5, 0.6) is 0 Å². The summed E-state index contributed by atoms with van der Waals surface area (Å²) in [4.78, 5) is 14.3. The van der Waals surface area contributed by atoms with Gasteiger partial charge in [0.25, 0.3) is 0 Å². The van der Waals surface area contributed by atoms with Crippen LogP contribution in [0.1, 0.15) is 24.3 Å². The lowest BCUT2D eigenvalue weighted by molar-refractivity contribution is -0.133. The van der Waals surface area contributed by atoms with Crippen molar-refractivity contribution < 1.29 is 15.0 Å². The number of allylic oxidation sites excluding steroid dienone is 1. The van der Waals surface area contributed by atoms with Crippen molar-refractivity contribution in [1.29, 1.82) is 0 Å². The van der Waals surface area contributed by atoms with Gasteiger partial charge < -0.3 is 15.1 Å². The van der Waals surface area contributed by atoms with Gasteiger partial charge in [-0.05, 0) is 18.4 Å². The molecule has 1 aromatic rings. The summed E-state index contributed by atoms with van der Waals surface area (Å²) in [5, 5.41) is 19.2. The Kier molecular flexibility index (Phi) is 4.57. The Hall–Kier alpha value is -1.65. The number of aliphatic hydroxyl groups excluding tert-OH is 1. The third-order valence-corrected chi connectivity index (χ3v) is 3.84. The fraction of sp³-hybridized carbons (Fsp3) is 0.438. The molecule has 20 heavy (non-hydrogen) atoms. The molecule has 0 saturated carbocycles. The van der Waals surface area contributed by atoms with Gasteiger partial charge in [0, 0.05) is 6.54 Å². The van der Waals surface area contributed by atoms with E-state index in [4.69, 9.17) is 0 Å². The Morgan fingerprint density at radius 1 is 1.45 bits per heavy atom. The van der Waals surface area contributed by atoms with Gasteiger partial charge in [-0.3, -0.25) is 4.79 Å². The summed E-state index contributed by atoms with van der Waals surface area (Å²) in [7, 11) is 0. The van der Waals surface area contributed by atoms with Gasteiger partial charge >= 0.3 is 0 Å². The number of aliphatic hydroxyl groups is 2. The van der Waals surface area contributed by atoms with Crippen LogP contribution in [0.25, 0.3) is 0 Å². The molecule has 1 heterocycles.